The molecule has 0 aliphatic heterocycles. The first-order valence-electron chi connectivity index (χ1n) is 8.43. The van der Waals surface area contributed by atoms with Crippen LogP contribution < -0.4 is 10.1 Å². The molecule has 25 heavy (non-hydrogen) atoms. The van der Waals surface area contributed by atoms with E-state index in [-0.39, 0.29) is 11.9 Å². The molecule has 2 aromatic carbocycles. The summed E-state index contributed by atoms with van der Waals surface area (Å²) in [6.45, 7) is 3.38. The molecule has 1 amide bonds. The molecule has 0 aromatic heterocycles. The van der Waals surface area contributed by atoms with Crippen LogP contribution in [0.15, 0.2) is 59.5 Å². The number of nitrogens with one attached hydrogen (secondary N) is 1. The third-order valence-corrected chi connectivity index (χ3v) is 4.60. The highest BCUT2D eigenvalue weighted by Gasteiger charge is 2.15. The van der Waals surface area contributed by atoms with Crippen molar-refractivity contribution >= 4 is 17.7 Å². The minimum atomic E-state index is -0.00960. The molecule has 5 heteroatoms. The fourth-order valence-electron chi connectivity index (χ4n) is 2.47. The van der Waals surface area contributed by atoms with E-state index in [4.69, 9.17) is 4.74 Å². The maximum absolute atomic E-state index is 12.4. The molecule has 2 rings (SSSR count). The number of likely N-dealkylation sites (N-methyl/N-ethyl adjacent to an activating group) is 1. The summed E-state index contributed by atoms with van der Waals surface area (Å²) in [6.07, 6.45) is 0. The zero-order chi connectivity index (χ0) is 18.1. The molecule has 0 saturated heterocycles. The summed E-state index contributed by atoms with van der Waals surface area (Å²) < 4.78 is 5.43. The molecular weight excluding hydrogens is 332 g/mol. The van der Waals surface area contributed by atoms with Gasteiger partial charge >= 0.3 is 0 Å². The Bertz CT molecular complexity index is 645. The van der Waals surface area contributed by atoms with E-state index >= 15 is 0 Å². The fourth-order valence-corrected chi connectivity index (χ4v) is 3.18. The van der Waals surface area contributed by atoms with E-state index in [1.54, 1.807) is 0 Å². The summed E-state index contributed by atoms with van der Waals surface area (Å²) in [5, 5.41) is 3.14. The maximum atomic E-state index is 12.4. The molecule has 0 unspecified atom stereocenters. The van der Waals surface area contributed by atoms with E-state index in [0.29, 0.717) is 12.4 Å². The van der Waals surface area contributed by atoms with Crippen molar-refractivity contribution in [1.29, 1.82) is 0 Å². The van der Waals surface area contributed by atoms with Gasteiger partial charge in [0, 0.05) is 11.4 Å². The number of thioether (sulfide) groups is 1. The molecular formula is C20H26N2O2S. The Kier molecular flexibility index (Phi) is 7.82. The number of carbonyl (C=O) groups is 1. The highest BCUT2D eigenvalue weighted by atomic mass is 32.2. The Morgan fingerprint density at radius 3 is 2.40 bits per heavy atom. The normalized spacial score (nSPS) is 12.0. The predicted octanol–water partition coefficient (Wildman–Crippen LogP) is 3.60. The fraction of sp³-hybridized carbons (Fsp3) is 0.350. The van der Waals surface area contributed by atoms with Crippen LogP contribution in [0, 0.1) is 0 Å². The van der Waals surface area contributed by atoms with Gasteiger partial charge in [-0.1, -0.05) is 30.3 Å². The molecule has 4 nitrogen and oxygen atoms in total. The lowest BCUT2D eigenvalue weighted by Gasteiger charge is -2.22. The van der Waals surface area contributed by atoms with Crippen LogP contribution in [-0.2, 0) is 4.79 Å². The summed E-state index contributed by atoms with van der Waals surface area (Å²) in [6, 6.07) is 17.9. The number of hydrogen-bond donors (Lipinski definition) is 1. The average Bonchev–Trinajstić information content (AvgIpc) is 2.61. The molecule has 1 N–H and O–H groups in total. The van der Waals surface area contributed by atoms with Crippen LogP contribution in [0.3, 0.4) is 0 Å². The van der Waals surface area contributed by atoms with Crippen molar-refractivity contribution in [1.82, 2.24) is 10.2 Å². The predicted molar refractivity (Wildman–Crippen MR) is 104 cm³/mol. The Labute approximate surface area is 154 Å². The number of ether oxygens (including phenoxy) is 1. The zero-order valence-corrected chi connectivity index (χ0v) is 15.9. The van der Waals surface area contributed by atoms with Gasteiger partial charge in [-0.15, -0.1) is 11.8 Å². The molecule has 134 valence electrons. The van der Waals surface area contributed by atoms with E-state index in [2.05, 4.69) is 10.2 Å². The maximum Gasteiger partial charge on any atom is 0.230 e. The van der Waals surface area contributed by atoms with Crippen molar-refractivity contribution in [3.05, 3.63) is 60.2 Å². The van der Waals surface area contributed by atoms with Crippen LogP contribution in [0.4, 0.5) is 0 Å². The van der Waals surface area contributed by atoms with Gasteiger partial charge in [0.05, 0.1) is 18.4 Å². The van der Waals surface area contributed by atoms with Crippen LogP contribution >= 0.6 is 11.8 Å². The van der Waals surface area contributed by atoms with Crippen LogP contribution in [0.25, 0.3) is 0 Å². The third kappa shape index (κ3) is 6.80. The molecule has 0 heterocycles. The van der Waals surface area contributed by atoms with Crippen LogP contribution in [0.2, 0.25) is 0 Å². The number of benzene rings is 2. The van der Waals surface area contributed by atoms with Gasteiger partial charge in [-0.2, -0.15) is 0 Å². The van der Waals surface area contributed by atoms with Crippen molar-refractivity contribution < 1.29 is 9.53 Å². The molecule has 0 bridgehead atoms. The molecule has 1 atom stereocenters. The Morgan fingerprint density at radius 2 is 1.80 bits per heavy atom. The summed E-state index contributed by atoms with van der Waals surface area (Å²) in [7, 11) is 4.02. The number of hydrogen-bond acceptors (Lipinski definition) is 4. The second-order valence-electron chi connectivity index (χ2n) is 5.99. The SMILES string of the molecule is CCOc1ccc(SCC(=O)N[C@@H](CN(C)C)c2ccccc2)cc1. The molecule has 2 aromatic rings. The second-order valence-corrected chi connectivity index (χ2v) is 7.03. The Morgan fingerprint density at radius 1 is 1.12 bits per heavy atom. The molecule has 0 spiro atoms. The monoisotopic (exact) mass is 358 g/mol. The van der Waals surface area contributed by atoms with Gasteiger partial charge in [0.1, 0.15) is 5.75 Å². The van der Waals surface area contributed by atoms with Crippen molar-refractivity contribution in [2.75, 3.05) is 33.0 Å². The standard InChI is InChI=1S/C20H26N2O2S/c1-4-24-17-10-12-18(13-11-17)25-15-20(23)21-19(14-22(2)3)16-8-6-5-7-9-16/h5-13,19H,4,14-15H2,1-3H3,(H,21,23)/t19-/m0/s1. The molecule has 0 radical (unpaired) electrons. The van der Waals surface area contributed by atoms with E-state index in [9.17, 15) is 4.79 Å². The minimum Gasteiger partial charge on any atom is -0.494 e. The Balaban J connectivity index is 1.90. The first-order chi connectivity index (χ1) is 12.1. The molecule has 0 fully saturated rings. The molecule has 0 saturated carbocycles. The second kappa shape index (κ2) is 10.1. The summed E-state index contributed by atoms with van der Waals surface area (Å²) >= 11 is 1.53. The molecule has 0 aliphatic carbocycles. The molecule has 0 aliphatic rings. The zero-order valence-electron chi connectivity index (χ0n) is 15.1. The summed E-state index contributed by atoms with van der Waals surface area (Å²) in [4.78, 5) is 15.5. The van der Waals surface area contributed by atoms with Crippen LogP contribution in [0.5, 0.6) is 5.75 Å². The van der Waals surface area contributed by atoms with Crippen molar-refractivity contribution in [2.45, 2.75) is 17.9 Å². The van der Waals surface area contributed by atoms with Gasteiger partial charge < -0.3 is 15.0 Å². The Hall–Kier alpha value is -1.98. The van der Waals surface area contributed by atoms with E-state index in [0.717, 1.165) is 22.8 Å². The lowest BCUT2D eigenvalue weighted by molar-refractivity contribution is -0.119. The van der Waals surface area contributed by atoms with Crippen LogP contribution in [0.1, 0.15) is 18.5 Å². The third-order valence-electron chi connectivity index (χ3n) is 3.59. The van der Waals surface area contributed by atoms with Crippen LogP contribution in [-0.4, -0.2) is 43.8 Å². The van der Waals surface area contributed by atoms with Gasteiger partial charge in [0.15, 0.2) is 0 Å². The topological polar surface area (TPSA) is 41.6 Å². The van der Waals surface area contributed by atoms with Gasteiger partial charge in [-0.25, -0.2) is 0 Å². The highest BCUT2D eigenvalue weighted by Crippen LogP contribution is 2.22. The van der Waals surface area contributed by atoms with Crippen molar-refractivity contribution in [3.63, 3.8) is 0 Å². The van der Waals surface area contributed by atoms with Gasteiger partial charge in [0.2, 0.25) is 5.91 Å². The van der Waals surface area contributed by atoms with Gasteiger partial charge in [0.25, 0.3) is 0 Å². The highest BCUT2D eigenvalue weighted by molar-refractivity contribution is 8.00. The number of carbonyl (C=O) groups excluding carboxylic acids is 1. The number of nitrogens with zero attached hydrogens (tertiary/aromatic N) is 1. The van der Waals surface area contributed by atoms with Gasteiger partial charge in [-0.05, 0) is 50.8 Å². The lowest BCUT2D eigenvalue weighted by Crippen LogP contribution is -2.36. The van der Waals surface area contributed by atoms with E-state index < -0.39 is 0 Å². The van der Waals surface area contributed by atoms with Gasteiger partial charge in [-0.3, -0.25) is 4.79 Å². The lowest BCUT2D eigenvalue weighted by atomic mass is 10.1. The summed E-state index contributed by atoms with van der Waals surface area (Å²) in [5.74, 6) is 1.28. The summed E-state index contributed by atoms with van der Waals surface area (Å²) in [5.41, 5.74) is 1.12. The number of rotatable bonds is 9. The quantitative estimate of drug-likeness (QED) is 0.696. The largest absolute Gasteiger partial charge is 0.494 e. The van der Waals surface area contributed by atoms with Crippen molar-refractivity contribution in [2.24, 2.45) is 0 Å². The van der Waals surface area contributed by atoms with Crippen molar-refractivity contribution in [3.8, 4) is 5.75 Å². The van der Waals surface area contributed by atoms with E-state index in [1.165, 1.54) is 11.8 Å². The minimum absolute atomic E-state index is 0.00960. The smallest absolute Gasteiger partial charge is 0.230 e. The average molecular weight is 359 g/mol. The first-order valence-corrected chi connectivity index (χ1v) is 9.41. The number of amides is 1. The first kappa shape index (κ1) is 19.3. The van der Waals surface area contributed by atoms with E-state index in [1.807, 2.05) is 75.6 Å².